The second-order valence-corrected chi connectivity index (χ2v) is 3.12. The van der Waals surface area contributed by atoms with E-state index in [0.29, 0.717) is 12.2 Å². The minimum absolute atomic E-state index is 0.0380. The first kappa shape index (κ1) is 9.73. The number of carbonyl (C=O) groups excluding carboxylic acids is 1. The van der Waals surface area contributed by atoms with E-state index >= 15 is 0 Å². The third kappa shape index (κ3) is 2.87. The molecule has 1 heterocycles. The fraction of sp³-hybridized carbons (Fsp3) is 0.500. The normalized spacial score (nSPS) is 12.5. The van der Waals surface area contributed by atoms with Crippen LogP contribution in [0, 0.1) is 6.92 Å². The van der Waals surface area contributed by atoms with Gasteiger partial charge in [0.25, 0.3) is 5.91 Å². The quantitative estimate of drug-likeness (QED) is 0.605. The predicted molar refractivity (Wildman–Crippen MR) is 49.3 cm³/mol. The summed E-state index contributed by atoms with van der Waals surface area (Å²) < 4.78 is 0. The molecular weight excluding hydrogens is 168 g/mol. The molecule has 5 heteroatoms. The molecule has 0 aromatic carbocycles. The third-order valence-electron chi connectivity index (χ3n) is 1.52. The summed E-state index contributed by atoms with van der Waals surface area (Å²) in [5.74, 6) is -0.193. The Hall–Kier alpha value is -1.36. The van der Waals surface area contributed by atoms with Crippen LogP contribution in [-0.4, -0.2) is 28.7 Å². The molecule has 0 bridgehead atoms. The van der Waals surface area contributed by atoms with Gasteiger partial charge in [0, 0.05) is 18.3 Å². The van der Waals surface area contributed by atoms with Crippen molar-refractivity contribution in [2.24, 2.45) is 5.73 Å². The number of aromatic amines is 1. The van der Waals surface area contributed by atoms with Crippen LogP contribution in [0.3, 0.4) is 0 Å². The number of rotatable bonds is 3. The summed E-state index contributed by atoms with van der Waals surface area (Å²) in [5, 5.41) is 9.18. The average Bonchev–Trinajstić information content (AvgIpc) is 2.47. The van der Waals surface area contributed by atoms with E-state index in [1.54, 1.807) is 6.07 Å². The molecule has 5 nitrogen and oxygen atoms in total. The highest BCUT2D eigenvalue weighted by atomic mass is 16.1. The van der Waals surface area contributed by atoms with Crippen LogP contribution < -0.4 is 11.1 Å². The van der Waals surface area contributed by atoms with Crippen LogP contribution in [0.2, 0.25) is 0 Å². The molecule has 4 N–H and O–H groups in total. The number of aryl methyl sites for hydroxylation is 1. The van der Waals surface area contributed by atoms with Gasteiger partial charge in [0.1, 0.15) is 5.69 Å². The van der Waals surface area contributed by atoms with Gasteiger partial charge in [-0.05, 0) is 19.9 Å². The second-order valence-electron chi connectivity index (χ2n) is 3.12. The van der Waals surface area contributed by atoms with Crippen molar-refractivity contribution in [3.63, 3.8) is 0 Å². The maximum absolute atomic E-state index is 11.3. The highest BCUT2D eigenvalue weighted by Crippen LogP contribution is 1.96. The van der Waals surface area contributed by atoms with Crippen molar-refractivity contribution in [1.82, 2.24) is 15.5 Å². The highest BCUT2D eigenvalue weighted by molar-refractivity contribution is 5.92. The monoisotopic (exact) mass is 182 g/mol. The second kappa shape index (κ2) is 4.04. The summed E-state index contributed by atoms with van der Waals surface area (Å²) in [7, 11) is 0. The average molecular weight is 182 g/mol. The maximum atomic E-state index is 11.3. The van der Waals surface area contributed by atoms with Crippen molar-refractivity contribution < 1.29 is 4.79 Å². The number of nitrogens with two attached hydrogens (primary N) is 1. The SMILES string of the molecule is Cc1cc(C(=O)NCC(C)N)n[nH]1. The van der Waals surface area contributed by atoms with Gasteiger partial charge in [-0.2, -0.15) is 5.10 Å². The van der Waals surface area contributed by atoms with Crippen molar-refractivity contribution in [3.8, 4) is 0 Å². The fourth-order valence-corrected chi connectivity index (χ4v) is 0.879. The molecule has 0 saturated heterocycles. The lowest BCUT2D eigenvalue weighted by Gasteiger charge is -2.05. The lowest BCUT2D eigenvalue weighted by atomic mass is 10.3. The Morgan fingerprint density at radius 2 is 2.54 bits per heavy atom. The molecule has 0 aliphatic carbocycles. The van der Waals surface area contributed by atoms with Gasteiger partial charge >= 0.3 is 0 Å². The van der Waals surface area contributed by atoms with Gasteiger partial charge in [0.05, 0.1) is 0 Å². The predicted octanol–water partition coefficient (Wildman–Crippen LogP) is -0.205. The van der Waals surface area contributed by atoms with Gasteiger partial charge < -0.3 is 11.1 Å². The maximum Gasteiger partial charge on any atom is 0.271 e. The summed E-state index contributed by atoms with van der Waals surface area (Å²) >= 11 is 0. The van der Waals surface area contributed by atoms with E-state index in [-0.39, 0.29) is 11.9 Å². The van der Waals surface area contributed by atoms with Crippen LogP contribution >= 0.6 is 0 Å². The Bertz CT molecular complexity index is 292. The molecule has 1 unspecified atom stereocenters. The summed E-state index contributed by atoms with van der Waals surface area (Å²) in [6.07, 6.45) is 0. The first-order valence-corrected chi connectivity index (χ1v) is 4.15. The number of H-pyrrole nitrogens is 1. The van der Waals surface area contributed by atoms with Crippen molar-refractivity contribution in [2.75, 3.05) is 6.54 Å². The summed E-state index contributed by atoms with van der Waals surface area (Å²) in [4.78, 5) is 11.3. The summed E-state index contributed by atoms with van der Waals surface area (Å²) in [6.45, 7) is 4.14. The van der Waals surface area contributed by atoms with E-state index in [9.17, 15) is 4.79 Å². The standard InChI is InChI=1S/C8H14N4O/c1-5(9)4-10-8(13)7-3-6(2)11-12-7/h3,5H,4,9H2,1-2H3,(H,10,13)(H,11,12). The molecule has 1 aromatic rings. The number of hydrogen-bond donors (Lipinski definition) is 3. The Kier molecular flexibility index (Phi) is 3.02. The minimum Gasteiger partial charge on any atom is -0.349 e. The van der Waals surface area contributed by atoms with Gasteiger partial charge in [0.2, 0.25) is 0 Å². The molecule has 1 rings (SSSR count). The van der Waals surface area contributed by atoms with Gasteiger partial charge in [-0.15, -0.1) is 0 Å². The molecule has 0 radical (unpaired) electrons. The Morgan fingerprint density at radius 3 is 3.00 bits per heavy atom. The number of nitrogens with one attached hydrogen (secondary N) is 2. The van der Waals surface area contributed by atoms with Crippen LogP contribution in [0.1, 0.15) is 23.1 Å². The first-order valence-electron chi connectivity index (χ1n) is 4.15. The Labute approximate surface area is 76.7 Å². The number of nitrogens with zero attached hydrogens (tertiary/aromatic N) is 1. The third-order valence-corrected chi connectivity index (χ3v) is 1.52. The number of hydrogen-bond acceptors (Lipinski definition) is 3. The highest BCUT2D eigenvalue weighted by Gasteiger charge is 2.08. The van der Waals surface area contributed by atoms with Gasteiger partial charge in [-0.25, -0.2) is 0 Å². The molecule has 13 heavy (non-hydrogen) atoms. The zero-order valence-corrected chi connectivity index (χ0v) is 7.79. The number of amides is 1. The van der Waals surface area contributed by atoms with Crippen LogP contribution in [0.15, 0.2) is 6.07 Å². The van der Waals surface area contributed by atoms with Crippen LogP contribution in [0.4, 0.5) is 0 Å². The minimum atomic E-state index is -0.193. The number of aromatic nitrogens is 2. The molecule has 1 atom stereocenters. The topological polar surface area (TPSA) is 83.8 Å². The molecule has 1 aromatic heterocycles. The lowest BCUT2D eigenvalue weighted by Crippen LogP contribution is -2.35. The van der Waals surface area contributed by atoms with Crippen molar-refractivity contribution in [2.45, 2.75) is 19.9 Å². The fourth-order valence-electron chi connectivity index (χ4n) is 0.879. The van der Waals surface area contributed by atoms with Crippen LogP contribution in [0.5, 0.6) is 0 Å². The van der Waals surface area contributed by atoms with E-state index in [4.69, 9.17) is 5.73 Å². The molecule has 0 saturated carbocycles. The van der Waals surface area contributed by atoms with E-state index in [1.807, 2.05) is 13.8 Å². The van der Waals surface area contributed by atoms with Crippen LogP contribution in [0.25, 0.3) is 0 Å². The van der Waals surface area contributed by atoms with Crippen LogP contribution in [-0.2, 0) is 0 Å². The lowest BCUT2D eigenvalue weighted by molar-refractivity contribution is 0.0946. The molecule has 1 amide bonds. The molecule has 0 aliphatic heterocycles. The summed E-state index contributed by atoms with van der Waals surface area (Å²) in [6, 6.07) is 1.65. The van der Waals surface area contributed by atoms with E-state index < -0.39 is 0 Å². The largest absolute Gasteiger partial charge is 0.349 e. The Balaban J connectivity index is 2.49. The summed E-state index contributed by atoms with van der Waals surface area (Å²) in [5.41, 5.74) is 6.75. The molecular formula is C8H14N4O. The van der Waals surface area contributed by atoms with Gasteiger partial charge in [-0.1, -0.05) is 0 Å². The molecule has 0 aliphatic rings. The molecule has 0 fully saturated rings. The zero-order chi connectivity index (χ0) is 9.84. The molecule has 72 valence electrons. The first-order chi connectivity index (χ1) is 6.09. The zero-order valence-electron chi connectivity index (χ0n) is 7.79. The Morgan fingerprint density at radius 1 is 1.85 bits per heavy atom. The van der Waals surface area contributed by atoms with E-state index in [0.717, 1.165) is 5.69 Å². The van der Waals surface area contributed by atoms with Crippen molar-refractivity contribution in [1.29, 1.82) is 0 Å². The van der Waals surface area contributed by atoms with Gasteiger partial charge in [0.15, 0.2) is 0 Å². The number of carbonyl (C=O) groups is 1. The molecule has 0 spiro atoms. The van der Waals surface area contributed by atoms with E-state index in [2.05, 4.69) is 15.5 Å². The van der Waals surface area contributed by atoms with E-state index in [1.165, 1.54) is 0 Å². The smallest absolute Gasteiger partial charge is 0.271 e. The van der Waals surface area contributed by atoms with Crippen molar-refractivity contribution in [3.05, 3.63) is 17.5 Å². The van der Waals surface area contributed by atoms with Crippen molar-refractivity contribution >= 4 is 5.91 Å². The van der Waals surface area contributed by atoms with Gasteiger partial charge in [-0.3, -0.25) is 9.89 Å².